The van der Waals surface area contributed by atoms with Gasteiger partial charge in [0.1, 0.15) is 12.2 Å². The van der Waals surface area contributed by atoms with Crippen molar-refractivity contribution in [1.29, 1.82) is 0 Å². The van der Waals surface area contributed by atoms with Crippen LogP contribution in [0.5, 0.6) is 0 Å². The molecule has 7 heteroatoms. The van der Waals surface area contributed by atoms with Crippen molar-refractivity contribution >= 4 is 12.1 Å². The van der Waals surface area contributed by atoms with Gasteiger partial charge in [0.05, 0.1) is 0 Å². The van der Waals surface area contributed by atoms with Crippen molar-refractivity contribution in [2.75, 3.05) is 6.54 Å². The minimum atomic E-state index is -0.370. The van der Waals surface area contributed by atoms with Crippen LogP contribution in [0.3, 0.4) is 0 Å². The van der Waals surface area contributed by atoms with Crippen molar-refractivity contribution in [3.63, 3.8) is 0 Å². The number of carbonyl (C=O) groups is 2. The second kappa shape index (κ2) is 5.44. The van der Waals surface area contributed by atoms with Gasteiger partial charge in [-0.2, -0.15) is 0 Å². The smallest absolute Gasteiger partial charge is 0.304 e. The largest absolute Gasteiger partial charge is 0.463 e. The van der Waals surface area contributed by atoms with E-state index in [4.69, 9.17) is 5.84 Å². The molecule has 1 aliphatic carbocycles. The van der Waals surface area contributed by atoms with Crippen LogP contribution in [-0.4, -0.2) is 40.4 Å². The van der Waals surface area contributed by atoms with Crippen molar-refractivity contribution in [3.8, 4) is 0 Å². The van der Waals surface area contributed by atoms with Crippen LogP contribution in [-0.2, 0) is 0 Å². The first kappa shape index (κ1) is 14.2. The summed E-state index contributed by atoms with van der Waals surface area (Å²) in [6.07, 6.45) is 4.68. The third-order valence-electron chi connectivity index (χ3n) is 4.10. The van der Waals surface area contributed by atoms with Gasteiger partial charge in [-0.25, -0.2) is 20.4 Å². The van der Waals surface area contributed by atoms with Crippen LogP contribution < -0.4 is 16.6 Å². The lowest BCUT2D eigenvalue weighted by atomic mass is 9.94. The fourth-order valence-corrected chi connectivity index (χ4v) is 3.08. The number of carbonyl (C=O) groups excluding carboxylic acids is 2. The van der Waals surface area contributed by atoms with Crippen LogP contribution in [0, 0.1) is 0 Å². The van der Waals surface area contributed by atoms with Gasteiger partial charge in [-0.3, -0.25) is 0 Å². The lowest BCUT2D eigenvalue weighted by Gasteiger charge is -2.35. The van der Waals surface area contributed by atoms with Crippen molar-refractivity contribution < 1.29 is 14.2 Å². The maximum Gasteiger partial charge on any atom is 0.463 e. The topological polar surface area (TPSA) is 87.5 Å². The summed E-state index contributed by atoms with van der Waals surface area (Å²) in [6, 6.07) is -0.673. The van der Waals surface area contributed by atoms with Crippen molar-refractivity contribution in [2.24, 2.45) is 5.84 Å². The van der Waals surface area contributed by atoms with E-state index in [1.165, 1.54) is 6.42 Å². The third-order valence-corrected chi connectivity index (χ3v) is 4.10. The van der Waals surface area contributed by atoms with Gasteiger partial charge in [0.2, 0.25) is 0 Å². The second-order valence-corrected chi connectivity index (χ2v) is 5.34. The van der Waals surface area contributed by atoms with E-state index in [-0.39, 0.29) is 28.9 Å². The fraction of sp³-hybridized carbons (Fsp3) is 0.833. The average molecular weight is 270 g/mol. The standard InChI is InChI=1S/C12H23N5O2/c1-3-14-11(18)17(10-7-5-4-6-8-10)12(19)16(13)9(2)15-17/h9-10,15H,3-8,13H2,1-2H3/p+1. The number of urea groups is 2. The van der Waals surface area contributed by atoms with Gasteiger partial charge in [-0.1, -0.05) is 11.0 Å². The van der Waals surface area contributed by atoms with Gasteiger partial charge in [0.15, 0.2) is 0 Å². The molecule has 4 amide bonds. The molecule has 0 aromatic carbocycles. The quantitative estimate of drug-likeness (QED) is 0.397. The van der Waals surface area contributed by atoms with E-state index in [1.807, 2.05) is 6.92 Å². The maximum absolute atomic E-state index is 12.5. The SMILES string of the molecule is CCNC(=O)[N+]1(C2CCCCC2)NC(C)N(N)C1=O. The van der Waals surface area contributed by atoms with E-state index < -0.39 is 0 Å². The van der Waals surface area contributed by atoms with Gasteiger partial charge in [-0.15, -0.1) is 5.43 Å². The van der Waals surface area contributed by atoms with Gasteiger partial charge < -0.3 is 5.32 Å². The summed E-state index contributed by atoms with van der Waals surface area (Å²) < 4.78 is -0.370. The minimum Gasteiger partial charge on any atom is -0.304 e. The number of hydrogen-bond acceptors (Lipinski definition) is 4. The molecule has 1 saturated carbocycles. The summed E-state index contributed by atoms with van der Waals surface area (Å²) >= 11 is 0. The van der Waals surface area contributed by atoms with Gasteiger partial charge in [0.25, 0.3) is 0 Å². The Bertz CT molecular complexity index is 369. The molecule has 0 radical (unpaired) electrons. The molecule has 0 aromatic rings. The average Bonchev–Trinajstić information content (AvgIpc) is 2.65. The first-order valence-electron chi connectivity index (χ1n) is 7.07. The Kier molecular flexibility index (Phi) is 4.07. The predicted molar refractivity (Wildman–Crippen MR) is 70.2 cm³/mol. The van der Waals surface area contributed by atoms with Crippen LogP contribution in [0.25, 0.3) is 0 Å². The fourth-order valence-electron chi connectivity index (χ4n) is 3.08. The van der Waals surface area contributed by atoms with Crippen LogP contribution in [0.1, 0.15) is 46.0 Å². The summed E-state index contributed by atoms with van der Waals surface area (Å²) in [6.45, 7) is 4.14. The van der Waals surface area contributed by atoms with Crippen LogP contribution >= 0.6 is 0 Å². The summed E-state index contributed by atoms with van der Waals surface area (Å²) in [5.41, 5.74) is 3.10. The zero-order valence-corrected chi connectivity index (χ0v) is 11.7. The first-order valence-corrected chi connectivity index (χ1v) is 7.07. The lowest BCUT2D eigenvalue weighted by molar-refractivity contribution is -0.837. The Morgan fingerprint density at radius 2 is 2.11 bits per heavy atom. The van der Waals surface area contributed by atoms with Gasteiger partial charge in [0, 0.05) is 19.4 Å². The zero-order valence-electron chi connectivity index (χ0n) is 11.7. The molecule has 2 unspecified atom stereocenters. The number of imide groups is 1. The molecule has 7 nitrogen and oxygen atoms in total. The summed E-state index contributed by atoms with van der Waals surface area (Å²) in [5.74, 6) is 5.76. The molecule has 2 rings (SSSR count). The van der Waals surface area contributed by atoms with Crippen LogP contribution in [0.15, 0.2) is 0 Å². The van der Waals surface area contributed by atoms with Gasteiger partial charge >= 0.3 is 12.1 Å². The Balaban J connectivity index is 2.32. The number of nitrogens with one attached hydrogen (secondary N) is 2. The molecule has 2 atom stereocenters. The molecule has 0 bridgehead atoms. The minimum absolute atomic E-state index is 0.0243. The molecule has 1 heterocycles. The molecule has 108 valence electrons. The Hall–Kier alpha value is -1.18. The number of quaternary nitrogens is 1. The highest BCUT2D eigenvalue weighted by molar-refractivity contribution is 5.83. The van der Waals surface area contributed by atoms with E-state index in [2.05, 4.69) is 10.7 Å². The lowest BCUT2D eigenvalue weighted by Crippen LogP contribution is -2.69. The number of hydrazine groups is 1. The summed E-state index contributed by atoms with van der Waals surface area (Å²) in [4.78, 5) is 25.0. The number of nitrogens with zero attached hydrogens (tertiary/aromatic N) is 2. The first-order chi connectivity index (χ1) is 9.04. The summed E-state index contributed by atoms with van der Waals surface area (Å²) in [5, 5.41) is 3.89. The zero-order chi connectivity index (χ0) is 14.0. The van der Waals surface area contributed by atoms with Crippen LogP contribution in [0.2, 0.25) is 0 Å². The number of nitrogens with two attached hydrogens (primary N) is 1. The Labute approximate surface area is 113 Å². The van der Waals surface area contributed by atoms with E-state index in [0.29, 0.717) is 6.54 Å². The number of hydrogen-bond donors (Lipinski definition) is 3. The number of rotatable bonds is 2. The molecular formula is C12H24N5O2+. The van der Waals surface area contributed by atoms with E-state index >= 15 is 0 Å². The Morgan fingerprint density at radius 3 is 2.58 bits per heavy atom. The highest BCUT2D eigenvalue weighted by atomic mass is 16.2. The molecule has 4 N–H and O–H groups in total. The van der Waals surface area contributed by atoms with Crippen molar-refractivity contribution in [2.45, 2.75) is 58.2 Å². The second-order valence-electron chi connectivity index (χ2n) is 5.34. The number of amides is 4. The predicted octanol–water partition coefficient (Wildman–Crippen LogP) is 1.03. The molecule has 2 fully saturated rings. The highest BCUT2D eigenvalue weighted by Crippen LogP contribution is 2.31. The molecule has 1 saturated heterocycles. The Morgan fingerprint density at radius 1 is 1.47 bits per heavy atom. The molecule has 0 spiro atoms. The van der Waals surface area contributed by atoms with E-state index in [9.17, 15) is 9.59 Å². The monoisotopic (exact) mass is 270 g/mol. The van der Waals surface area contributed by atoms with Crippen molar-refractivity contribution in [3.05, 3.63) is 0 Å². The molecule has 2 aliphatic rings. The normalized spacial score (nSPS) is 32.7. The van der Waals surface area contributed by atoms with E-state index in [1.54, 1.807) is 6.92 Å². The summed E-state index contributed by atoms with van der Waals surface area (Å²) in [7, 11) is 0. The molecule has 19 heavy (non-hydrogen) atoms. The molecular weight excluding hydrogens is 246 g/mol. The third kappa shape index (κ3) is 2.22. The molecule has 1 aliphatic heterocycles. The van der Waals surface area contributed by atoms with E-state index in [0.717, 1.165) is 30.7 Å². The van der Waals surface area contributed by atoms with Gasteiger partial charge in [-0.05, 0) is 26.7 Å². The molecule has 0 aromatic heterocycles. The van der Waals surface area contributed by atoms with Crippen LogP contribution in [0.4, 0.5) is 9.59 Å². The highest BCUT2D eigenvalue weighted by Gasteiger charge is 2.60. The van der Waals surface area contributed by atoms with Crippen molar-refractivity contribution in [1.82, 2.24) is 15.8 Å². The maximum atomic E-state index is 12.5.